The Hall–Kier alpha value is -2.13. The van der Waals surface area contributed by atoms with Gasteiger partial charge in [-0.05, 0) is 92.9 Å². The Labute approximate surface area is 238 Å². The fraction of sp³-hybridized carbons (Fsp3) is 0.321. The summed E-state index contributed by atoms with van der Waals surface area (Å²) in [6.07, 6.45) is 0.847. The number of carbonyl (C=O) groups excluding carboxylic acids is 1. The van der Waals surface area contributed by atoms with E-state index in [4.69, 9.17) is 34.8 Å². The van der Waals surface area contributed by atoms with Crippen molar-refractivity contribution in [3.8, 4) is 0 Å². The molecule has 0 aromatic heterocycles. The molecule has 38 heavy (non-hydrogen) atoms. The van der Waals surface area contributed by atoms with Gasteiger partial charge in [-0.1, -0.05) is 53.0 Å². The summed E-state index contributed by atoms with van der Waals surface area (Å²) in [4.78, 5) is 15.0. The highest BCUT2D eigenvalue weighted by Gasteiger charge is 2.37. The quantitative estimate of drug-likeness (QED) is 0.320. The van der Waals surface area contributed by atoms with Crippen LogP contribution < -0.4 is 5.32 Å². The second-order valence-corrected chi connectivity index (χ2v) is 13.3. The van der Waals surface area contributed by atoms with Gasteiger partial charge in [-0.15, -0.1) is 0 Å². The maximum Gasteiger partial charge on any atom is 0.258 e. The predicted molar refractivity (Wildman–Crippen MR) is 153 cm³/mol. The van der Waals surface area contributed by atoms with Crippen molar-refractivity contribution in [3.05, 3.63) is 92.4 Å². The van der Waals surface area contributed by atoms with Crippen LogP contribution in [0.15, 0.2) is 65.6 Å². The van der Waals surface area contributed by atoms with Gasteiger partial charge in [0.15, 0.2) is 9.84 Å². The van der Waals surface area contributed by atoms with E-state index in [2.05, 4.69) is 5.32 Å². The Bertz CT molecular complexity index is 1430. The van der Waals surface area contributed by atoms with Gasteiger partial charge in [0, 0.05) is 17.3 Å². The Morgan fingerprint density at radius 2 is 1.74 bits per heavy atom. The minimum Gasteiger partial charge on any atom is -0.392 e. The third-order valence-corrected chi connectivity index (χ3v) is 9.65. The molecular formula is C28H29Cl3N2O4S. The van der Waals surface area contributed by atoms with Gasteiger partial charge in [0.25, 0.3) is 5.91 Å². The number of fused-ring (bicyclic) bond motifs is 1. The number of amides is 1. The van der Waals surface area contributed by atoms with Crippen LogP contribution in [0.5, 0.6) is 0 Å². The van der Waals surface area contributed by atoms with Gasteiger partial charge in [-0.2, -0.15) is 0 Å². The molecule has 6 nitrogen and oxygen atoms in total. The van der Waals surface area contributed by atoms with Gasteiger partial charge in [0.1, 0.15) is 0 Å². The van der Waals surface area contributed by atoms with Gasteiger partial charge in [0.2, 0.25) is 0 Å². The molecule has 3 aromatic rings. The highest BCUT2D eigenvalue weighted by Crippen LogP contribution is 2.44. The van der Waals surface area contributed by atoms with Crippen molar-refractivity contribution >= 4 is 56.2 Å². The zero-order chi connectivity index (χ0) is 27.6. The van der Waals surface area contributed by atoms with E-state index in [0.717, 1.165) is 5.56 Å². The first-order chi connectivity index (χ1) is 18.0. The Kier molecular flexibility index (Phi) is 9.07. The molecule has 0 saturated heterocycles. The molecule has 4 rings (SSSR count). The van der Waals surface area contributed by atoms with Gasteiger partial charge in [-0.3, -0.25) is 4.79 Å². The number of hydrogen-bond acceptors (Lipinski definition) is 5. The number of carbonyl (C=O) groups is 1. The highest BCUT2D eigenvalue weighted by molar-refractivity contribution is 7.91. The summed E-state index contributed by atoms with van der Waals surface area (Å²) < 4.78 is 27.8. The van der Waals surface area contributed by atoms with Crippen LogP contribution in [0.4, 0.5) is 5.69 Å². The van der Waals surface area contributed by atoms with E-state index in [-0.39, 0.29) is 26.4 Å². The normalized spacial score (nSPS) is 18.2. The van der Waals surface area contributed by atoms with Gasteiger partial charge >= 0.3 is 0 Å². The van der Waals surface area contributed by atoms with Crippen molar-refractivity contribution in [1.29, 1.82) is 0 Å². The number of aliphatic hydroxyl groups is 1. The lowest BCUT2D eigenvalue weighted by atomic mass is 9.80. The lowest BCUT2D eigenvalue weighted by Crippen LogP contribution is -2.31. The number of nitrogens with zero attached hydrogens (tertiary/aromatic N) is 1. The third-order valence-electron chi connectivity index (χ3n) is 6.68. The summed E-state index contributed by atoms with van der Waals surface area (Å²) in [6, 6.07) is 16.3. The van der Waals surface area contributed by atoms with Crippen molar-refractivity contribution in [3.63, 3.8) is 0 Å². The molecule has 0 fully saturated rings. The van der Waals surface area contributed by atoms with Crippen molar-refractivity contribution in [2.24, 2.45) is 5.92 Å². The van der Waals surface area contributed by atoms with E-state index < -0.39 is 27.1 Å². The summed E-state index contributed by atoms with van der Waals surface area (Å²) >= 11 is 18.5. The number of benzene rings is 3. The zero-order valence-corrected chi connectivity index (χ0v) is 24.1. The molecule has 0 aliphatic heterocycles. The first-order valence-electron chi connectivity index (χ1n) is 12.2. The molecule has 1 aliphatic rings. The molecule has 0 heterocycles. The number of likely N-dealkylation sites (N-methyl/N-ethyl adjacent to an activating group) is 1. The molecular weight excluding hydrogens is 567 g/mol. The molecule has 1 aliphatic carbocycles. The summed E-state index contributed by atoms with van der Waals surface area (Å²) in [7, 11) is -0.0593. The number of nitrogens with one attached hydrogen (secondary N) is 1. The van der Waals surface area contributed by atoms with Gasteiger partial charge in [0.05, 0.1) is 31.9 Å². The smallest absolute Gasteiger partial charge is 0.258 e. The van der Waals surface area contributed by atoms with Crippen LogP contribution in [0, 0.1) is 5.92 Å². The van der Waals surface area contributed by atoms with Crippen LogP contribution in [0.25, 0.3) is 0 Å². The number of anilines is 1. The molecule has 0 bridgehead atoms. The van der Waals surface area contributed by atoms with Crippen LogP contribution in [0.2, 0.25) is 15.1 Å². The van der Waals surface area contributed by atoms with E-state index in [1.54, 1.807) is 42.5 Å². The predicted octanol–water partition coefficient (Wildman–Crippen LogP) is 6.29. The molecule has 0 saturated carbocycles. The third kappa shape index (κ3) is 6.53. The van der Waals surface area contributed by atoms with E-state index in [1.807, 2.05) is 25.1 Å². The van der Waals surface area contributed by atoms with Crippen LogP contribution in [-0.2, 0) is 16.3 Å². The van der Waals surface area contributed by atoms with E-state index in [1.165, 1.54) is 12.1 Å². The number of sulfone groups is 1. The topological polar surface area (TPSA) is 86.7 Å². The number of halogens is 3. The number of rotatable bonds is 8. The minimum absolute atomic E-state index is 0.0428. The molecule has 3 atom stereocenters. The van der Waals surface area contributed by atoms with Crippen LogP contribution in [0.3, 0.4) is 0 Å². The highest BCUT2D eigenvalue weighted by atomic mass is 35.5. The van der Waals surface area contributed by atoms with E-state index in [0.29, 0.717) is 42.1 Å². The molecule has 3 aromatic carbocycles. The van der Waals surface area contributed by atoms with E-state index >= 15 is 0 Å². The second kappa shape index (κ2) is 11.9. The molecule has 1 amide bonds. The summed E-state index contributed by atoms with van der Waals surface area (Å²) in [6.45, 7) is 0.491. The number of aliphatic hydroxyl groups excluding tert-OH is 1. The standard InChI is InChI=1S/C28H29Cl3N2O4S/c1-33(2)16-21(34)12-17-11-18-9-10-20(32-28(35)27-24(30)7-4-8-25(27)31)15-23(18)26(13-17)38(36,37)22-6-3-5-19(29)14-22/h3-10,14-15,17,21,26,34H,11-13,16H2,1-2H3,(H,32,35)/t17-,21?,26?/m0/s1. The molecule has 0 radical (unpaired) electrons. The summed E-state index contributed by atoms with van der Waals surface area (Å²) in [5.41, 5.74) is 2.06. The Morgan fingerprint density at radius 1 is 1.05 bits per heavy atom. The van der Waals surface area contributed by atoms with Gasteiger partial charge in [-0.25, -0.2) is 8.42 Å². The first kappa shape index (κ1) is 28.9. The van der Waals surface area contributed by atoms with E-state index in [9.17, 15) is 18.3 Å². The largest absolute Gasteiger partial charge is 0.392 e. The minimum atomic E-state index is -3.83. The number of hydrogen-bond donors (Lipinski definition) is 2. The second-order valence-electron chi connectivity index (χ2n) is 9.91. The van der Waals surface area contributed by atoms with Crippen molar-refractivity contribution < 1.29 is 18.3 Å². The maximum atomic E-state index is 13.9. The Balaban J connectivity index is 1.71. The van der Waals surface area contributed by atoms with Crippen LogP contribution in [0.1, 0.15) is 39.6 Å². The average Bonchev–Trinajstić information content (AvgIpc) is 2.83. The van der Waals surface area contributed by atoms with Crippen molar-refractivity contribution in [2.75, 3.05) is 26.0 Å². The van der Waals surface area contributed by atoms with Crippen LogP contribution in [-0.4, -0.2) is 51.1 Å². The van der Waals surface area contributed by atoms with Crippen LogP contribution >= 0.6 is 34.8 Å². The summed E-state index contributed by atoms with van der Waals surface area (Å²) in [5.74, 6) is -0.533. The van der Waals surface area contributed by atoms with Crippen molar-refractivity contribution in [2.45, 2.75) is 35.5 Å². The fourth-order valence-corrected chi connectivity index (χ4v) is 7.84. The molecule has 2 N–H and O–H groups in total. The lowest BCUT2D eigenvalue weighted by molar-refractivity contribution is 0.102. The average molecular weight is 596 g/mol. The molecule has 2 unspecified atom stereocenters. The van der Waals surface area contributed by atoms with Crippen molar-refractivity contribution in [1.82, 2.24) is 4.90 Å². The maximum absolute atomic E-state index is 13.9. The molecule has 202 valence electrons. The first-order valence-corrected chi connectivity index (χ1v) is 14.8. The van der Waals surface area contributed by atoms with Gasteiger partial charge < -0.3 is 15.3 Å². The monoisotopic (exact) mass is 594 g/mol. The molecule has 10 heteroatoms. The summed E-state index contributed by atoms with van der Waals surface area (Å²) in [5, 5.41) is 13.3. The lowest BCUT2D eigenvalue weighted by Gasteiger charge is -2.33. The fourth-order valence-electron chi connectivity index (χ4n) is 5.05. The SMILES string of the molecule is CN(C)CC(O)C[C@@H]1Cc2ccc(NC(=O)c3c(Cl)cccc3Cl)cc2C(S(=O)(=O)c2cccc(Cl)c2)C1. The zero-order valence-electron chi connectivity index (χ0n) is 21.0. The molecule has 0 spiro atoms. The Morgan fingerprint density at radius 3 is 2.39 bits per heavy atom.